The molecule has 0 radical (unpaired) electrons. The molecule has 4 aromatic rings. The summed E-state index contributed by atoms with van der Waals surface area (Å²) in [5.41, 5.74) is 2.43. The Morgan fingerprint density at radius 2 is 1.97 bits per heavy atom. The number of hydrogen-bond acceptors (Lipinski definition) is 6. The molecule has 0 saturated carbocycles. The number of aromatic amines is 1. The van der Waals surface area contributed by atoms with E-state index in [1.807, 2.05) is 6.92 Å². The summed E-state index contributed by atoms with van der Waals surface area (Å²) in [6.07, 6.45) is 1.41. The average molecular weight is 461 g/mol. The number of rotatable bonds is 4. The first-order valence-corrected chi connectivity index (χ1v) is 10.5. The van der Waals surface area contributed by atoms with Crippen LogP contribution in [0.4, 0.5) is 10.3 Å². The fraction of sp³-hybridized carbons (Fsp3) is 0.160. The number of aliphatic hydroxyl groups excluding tert-OH is 1. The molecule has 1 unspecified atom stereocenters. The Balaban J connectivity index is 1.72. The van der Waals surface area contributed by atoms with Crippen LogP contribution in [0.2, 0.25) is 0 Å². The molecule has 2 aromatic heterocycles. The molecule has 0 bridgehead atoms. The highest BCUT2D eigenvalue weighted by Crippen LogP contribution is 2.42. The molecule has 1 saturated heterocycles. The zero-order chi connectivity index (χ0) is 24.1. The number of ketones is 1. The lowest BCUT2D eigenvalue weighted by atomic mass is 9.95. The number of fused-ring (bicyclic) bond motifs is 1. The number of benzene rings is 2. The molecule has 1 amide bonds. The molecule has 1 aliphatic rings. The van der Waals surface area contributed by atoms with Gasteiger partial charge in [0.1, 0.15) is 29.1 Å². The van der Waals surface area contributed by atoms with Crippen LogP contribution >= 0.6 is 0 Å². The van der Waals surface area contributed by atoms with E-state index < -0.39 is 23.5 Å². The quantitative estimate of drug-likeness (QED) is 0.262. The summed E-state index contributed by atoms with van der Waals surface area (Å²) in [7, 11) is 1.54. The summed E-state index contributed by atoms with van der Waals surface area (Å²) >= 11 is 0. The molecule has 0 aliphatic carbocycles. The number of methoxy groups -OCH3 is 1. The van der Waals surface area contributed by atoms with Crippen molar-refractivity contribution in [1.82, 2.24) is 9.97 Å². The van der Waals surface area contributed by atoms with Gasteiger partial charge in [0.2, 0.25) is 5.95 Å². The van der Waals surface area contributed by atoms with Gasteiger partial charge in [-0.05, 0) is 67.4 Å². The number of Topliss-reactive ketones (excluding diaryl/α,β-unsaturated/α-hetero) is 1. The van der Waals surface area contributed by atoms with Gasteiger partial charge in [-0.25, -0.2) is 9.37 Å². The number of amides is 1. The topological polar surface area (TPSA) is 109 Å². The van der Waals surface area contributed by atoms with Gasteiger partial charge in [-0.2, -0.15) is 0 Å². The Labute approximate surface area is 193 Å². The molecule has 8 nitrogen and oxygen atoms in total. The molecular formula is C25H20FN3O5. The molecule has 5 rings (SSSR count). The highest BCUT2D eigenvalue weighted by Gasteiger charge is 2.49. The second-order valence-electron chi connectivity index (χ2n) is 8.04. The first kappa shape index (κ1) is 21.4. The Morgan fingerprint density at radius 1 is 1.18 bits per heavy atom. The standard InChI is InChI=1S/C25H20FN3O5/c1-12-10-19(33-3)13(2)9-15(12)22(30)20-21(18-5-4-8-34-18)29(24(32)23(20)31)25-27-16-7-6-14(26)11-17(16)28-25/h4-11,21,30H,1-3H3,(H,27,28)/b22-20+. The summed E-state index contributed by atoms with van der Waals surface area (Å²) in [5.74, 6) is -1.68. The largest absolute Gasteiger partial charge is 0.507 e. The number of aliphatic hydroxyl groups is 1. The number of hydrogen-bond donors (Lipinski definition) is 2. The number of nitrogens with one attached hydrogen (secondary N) is 1. The third-order valence-corrected chi connectivity index (χ3v) is 5.91. The van der Waals surface area contributed by atoms with Crippen LogP contribution in [0, 0.1) is 19.7 Å². The minimum atomic E-state index is -1.08. The lowest BCUT2D eigenvalue weighted by Crippen LogP contribution is -2.30. The maximum atomic E-state index is 13.7. The van der Waals surface area contributed by atoms with Gasteiger partial charge in [-0.1, -0.05) is 0 Å². The average Bonchev–Trinajstić information content (AvgIpc) is 3.53. The van der Waals surface area contributed by atoms with Crippen LogP contribution < -0.4 is 9.64 Å². The van der Waals surface area contributed by atoms with Gasteiger partial charge in [0.15, 0.2) is 0 Å². The number of nitrogens with zero attached hydrogens (tertiary/aromatic N) is 2. The molecule has 9 heteroatoms. The van der Waals surface area contributed by atoms with Gasteiger partial charge in [-0.3, -0.25) is 14.5 Å². The van der Waals surface area contributed by atoms with E-state index in [4.69, 9.17) is 9.15 Å². The van der Waals surface area contributed by atoms with E-state index in [1.54, 1.807) is 38.3 Å². The summed E-state index contributed by atoms with van der Waals surface area (Å²) < 4.78 is 24.6. The van der Waals surface area contributed by atoms with Gasteiger partial charge >= 0.3 is 5.91 Å². The van der Waals surface area contributed by atoms with E-state index in [0.717, 1.165) is 10.5 Å². The number of furan rings is 1. The third kappa shape index (κ3) is 3.24. The minimum Gasteiger partial charge on any atom is -0.507 e. The highest BCUT2D eigenvalue weighted by atomic mass is 19.1. The summed E-state index contributed by atoms with van der Waals surface area (Å²) in [6.45, 7) is 3.58. The van der Waals surface area contributed by atoms with E-state index in [1.165, 1.54) is 24.5 Å². The maximum absolute atomic E-state index is 13.7. The molecule has 1 fully saturated rings. The van der Waals surface area contributed by atoms with E-state index in [0.29, 0.717) is 27.9 Å². The number of aromatic nitrogens is 2. The third-order valence-electron chi connectivity index (χ3n) is 5.91. The van der Waals surface area contributed by atoms with Crippen LogP contribution in [0.3, 0.4) is 0 Å². The minimum absolute atomic E-state index is 0.0331. The van der Waals surface area contributed by atoms with Crippen molar-refractivity contribution in [3.8, 4) is 5.75 Å². The van der Waals surface area contributed by atoms with Crippen molar-refractivity contribution >= 4 is 34.4 Å². The predicted molar refractivity (Wildman–Crippen MR) is 122 cm³/mol. The molecular weight excluding hydrogens is 441 g/mol. The molecule has 1 aliphatic heterocycles. The Bertz CT molecular complexity index is 1490. The van der Waals surface area contributed by atoms with Gasteiger partial charge in [0.05, 0.1) is 30.0 Å². The monoisotopic (exact) mass is 461 g/mol. The zero-order valence-electron chi connectivity index (χ0n) is 18.5. The summed E-state index contributed by atoms with van der Waals surface area (Å²) in [4.78, 5) is 34.8. The highest BCUT2D eigenvalue weighted by molar-refractivity contribution is 6.51. The van der Waals surface area contributed by atoms with Gasteiger partial charge in [0.25, 0.3) is 5.78 Å². The van der Waals surface area contributed by atoms with Crippen molar-refractivity contribution in [3.63, 3.8) is 0 Å². The number of ether oxygens (including phenoxy) is 1. The molecule has 2 N–H and O–H groups in total. The van der Waals surface area contributed by atoms with Gasteiger partial charge < -0.3 is 19.2 Å². The molecule has 172 valence electrons. The van der Waals surface area contributed by atoms with Crippen LogP contribution in [0.5, 0.6) is 5.75 Å². The lowest BCUT2D eigenvalue weighted by molar-refractivity contribution is -0.132. The number of aryl methyl sites for hydroxylation is 2. The second-order valence-corrected chi connectivity index (χ2v) is 8.04. The van der Waals surface area contributed by atoms with E-state index in [9.17, 15) is 19.1 Å². The fourth-order valence-electron chi connectivity index (χ4n) is 4.26. The van der Waals surface area contributed by atoms with E-state index in [2.05, 4.69) is 9.97 Å². The molecule has 34 heavy (non-hydrogen) atoms. The summed E-state index contributed by atoms with van der Waals surface area (Å²) in [5, 5.41) is 11.3. The first-order chi connectivity index (χ1) is 16.3. The Morgan fingerprint density at radius 3 is 2.68 bits per heavy atom. The number of carbonyl (C=O) groups is 2. The number of carbonyl (C=O) groups excluding carboxylic acids is 2. The van der Waals surface area contributed by atoms with Crippen LogP contribution in [0.15, 0.2) is 58.7 Å². The normalized spacial score (nSPS) is 17.6. The number of anilines is 1. The molecule has 0 spiro atoms. The van der Waals surface area contributed by atoms with Crippen LogP contribution in [0.25, 0.3) is 16.8 Å². The molecule has 3 heterocycles. The number of halogens is 1. The Kier molecular flexibility index (Phi) is 4.97. The zero-order valence-corrected chi connectivity index (χ0v) is 18.5. The van der Waals surface area contributed by atoms with Crippen molar-refractivity contribution in [1.29, 1.82) is 0 Å². The second kappa shape index (κ2) is 7.87. The van der Waals surface area contributed by atoms with Crippen LogP contribution in [0.1, 0.15) is 28.5 Å². The fourth-order valence-corrected chi connectivity index (χ4v) is 4.26. The van der Waals surface area contributed by atoms with Gasteiger partial charge in [0, 0.05) is 5.56 Å². The van der Waals surface area contributed by atoms with Crippen molar-refractivity contribution in [3.05, 3.63) is 82.6 Å². The SMILES string of the molecule is COc1cc(C)c(/C(O)=C2\C(=O)C(=O)N(c3nc4ccc(F)cc4[nH]3)C2c2ccco2)cc1C. The predicted octanol–water partition coefficient (Wildman–Crippen LogP) is 4.55. The van der Waals surface area contributed by atoms with Gasteiger partial charge in [-0.15, -0.1) is 0 Å². The van der Waals surface area contributed by atoms with Crippen molar-refractivity contribution < 1.29 is 28.2 Å². The first-order valence-electron chi connectivity index (χ1n) is 10.5. The lowest BCUT2D eigenvalue weighted by Gasteiger charge is -2.21. The number of H-pyrrole nitrogens is 1. The number of imidazole rings is 1. The van der Waals surface area contributed by atoms with Crippen LogP contribution in [-0.4, -0.2) is 33.9 Å². The van der Waals surface area contributed by atoms with Crippen molar-refractivity contribution in [2.24, 2.45) is 0 Å². The molecule has 1 atom stereocenters. The molecule has 2 aromatic carbocycles. The van der Waals surface area contributed by atoms with E-state index in [-0.39, 0.29) is 23.0 Å². The van der Waals surface area contributed by atoms with Crippen molar-refractivity contribution in [2.45, 2.75) is 19.9 Å². The van der Waals surface area contributed by atoms with Crippen molar-refractivity contribution in [2.75, 3.05) is 12.0 Å². The smallest absolute Gasteiger partial charge is 0.302 e. The van der Waals surface area contributed by atoms with Crippen LogP contribution in [-0.2, 0) is 9.59 Å². The summed E-state index contributed by atoms with van der Waals surface area (Å²) in [6, 6.07) is 9.54. The van der Waals surface area contributed by atoms with E-state index >= 15 is 0 Å². The maximum Gasteiger partial charge on any atom is 0.302 e. The Hall–Kier alpha value is -4.40.